The number of rotatable bonds is 3. The van der Waals surface area contributed by atoms with Gasteiger partial charge in [-0.3, -0.25) is 9.59 Å². The second-order valence-corrected chi connectivity index (χ2v) is 4.39. The Morgan fingerprint density at radius 3 is 2.40 bits per heavy atom. The zero-order valence-corrected chi connectivity index (χ0v) is 11.2. The number of hydrogen-bond donors (Lipinski definition) is 1. The first kappa shape index (κ1) is 16.7. The van der Waals surface area contributed by atoms with Crippen LogP contribution in [0.15, 0.2) is 0 Å². The second-order valence-electron chi connectivity index (χ2n) is 4.39. The quantitative estimate of drug-likeness (QED) is 0.778. The van der Waals surface area contributed by atoms with Crippen LogP contribution in [0.25, 0.3) is 0 Å². The Morgan fingerprint density at radius 2 is 1.95 bits per heavy atom. The smallest absolute Gasteiger partial charge is 0.458 e. The predicted octanol–water partition coefficient (Wildman–Crippen LogP) is 0.746. The molecule has 6 nitrogen and oxygen atoms in total. The number of carbonyl (C=O) groups is 2. The molecule has 1 aliphatic heterocycles. The first-order chi connectivity index (χ1) is 9.15. The summed E-state index contributed by atoms with van der Waals surface area (Å²) in [6, 6.07) is -1.04. The van der Waals surface area contributed by atoms with E-state index in [0.29, 0.717) is 0 Å². The van der Waals surface area contributed by atoms with Gasteiger partial charge in [0.25, 0.3) is 0 Å². The lowest BCUT2D eigenvalue weighted by molar-refractivity contribution is -0.226. The molecule has 1 saturated heterocycles. The summed E-state index contributed by atoms with van der Waals surface area (Å²) in [5, 5.41) is 1.81. The highest BCUT2D eigenvalue weighted by Crippen LogP contribution is 2.25. The molecule has 0 spiro atoms. The average molecular weight is 299 g/mol. The molecule has 116 valence electrons. The molecule has 20 heavy (non-hydrogen) atoms. The Balaban J connectivity index is 2.83. The largest absolute Gasteiger partial charge is 0.471 e. The lowest BCUT2D eigenvalue weighted by Gasteiger charge is -2.39. The van der Waals surface area contributed by atoms with Gasteiger partial charge >= 0.3 is 18.1 Å². The molecule has 0 bridgehead atoms. The summed E-state index contributed by atoms with van der Waals surface area (Å²) in [5.41, 5.74) is 0. The van der Waals surface area contributed by atoms with Gasteiger partial charge in [0.05, 0.1) is 12.1 Å². The fourth-order valence-corrected chi connectivity index (χ4v) is 1.95. The third-order valence-electron chi connectivity index (χ3n) is 2.81. The Morgan fingerprint density at radius 1 is 1.35 bits per heavy atom. The number of esters is 1. The monoisotopic (exact) mass is 299 g/mol. The molecule has 0 saturated carbocycles. The van der Waals surface area contributed by atoms with Crippen LogP contribution >= 0.6 is 0 Å². The van der Waals surface area contributed by atoms with Gasteiger partial charge in [-0.15, -0.1) is 0 Å². The molecule has 1 amide bonds. The van der Waals surface area contributed by atoms with Gasteiger partial charge in [-0.25, -0.2) is 0 Å². The summed E-state index contributed by atoms with van der Waals surface area (Å²) in [6.45, 7) is 2.64. The third kappa shape index (κ3) is 4.34. The van der Waals surface area contributed by atoms with E-state index in [9.17, 15) is 22.8 Å². The molecular weight excluding hydrogens is 283 g/mol. The number of halogens is 3. The van der Waals surface area contributed by atoms with Crippen molar-refractivity contribution in [1.82, 2.24) is 5.32 Å². The molecule has 1 aliphatic rings. The van der Waals surface area contributed by atoms with Crippen LogP contribution in [-0.2, 0) is 23.8 Å². The van der Waals surface area contributed by atoms with E-state index in [1.54, 1.807) is 0 Å². The summed E-state index contributed by atoms with van der Waals surface area (Å²) in [6.07, 6.45) is -7.57. The van der Waals surface area contributed by atoms with Crippen LogP contribution in [0.2, 0.25) is 0 Å². The fraction of sp³-hybridized carbons (Fsp3) is 0.818. The van der Waals surface area contributed by atoms with Crippen molar-refractivity contribution in [2.24, 2.45) is 0 Å². The standard InChI is InChI=1S/C11H16F3NO5/c1-5-9(20-6(2)16)7(4-8(18-3)19-5)15-10(17)11(12,13)14/h5,7-9H,4H2,1-3H3,(H,15,17)/t5-,7+,8+,9+/m0/s1. The molecular formula is C11H16F3NO5. The van der Waals surface area contributed by atoms with Gasteiger partial charge in [0.1, 0.15) is 6.10 Å². The molecule has 0 radical (unpaired) electrons. The van der Waals surface area contributed by atoms with Crippen molar-refractivity contribution in [2.75, 3.05) is 7.11 Å². The van der Waals surface area contributed by atoms with Gasteiger partial charge in [-0.2, -0.15) is 13.2 Å². The van der Waals surface area contributed by atoms with E-state index in [1.165, 1.54) is 14.0 Å². The molecule has 0 aromatic carbocycles. The Labute approximate surface area is 113 Å². The SMILES string of the molecule is CO[C@H]1C[C@@H](NC(=O)C(F)(F)F)[C@H](OC(C)=O)[C@H](C)O1. The van der Waals surface area contributed by atoms with Crippen molar-refractivity contribution in [3.8, 4) is 0 Å². The van der Waals surface area contributed by atoms with E-state index in [0.717, 1.165) is 6.92 Å². The van der Waals surface area contributed by atoms with Gasteiger partial charge in [0.15, 0.2) is 6.29 Å². The Hall–Kier alpha value is -1.35. The molecule has 0 aromatic rings. The lowest BCUT2D eigenvalue weighted by Crippen LogP contribution is -2.58. The van der Waals surface area contributed by atoms with Gasteiger partial charge in [0, 0.05) is 20.5 Å². The summed E-state index contributed by atoms with van der Waals surface area (Å²) in [5.74, 6) is -2.77. The topological polar surface area (TPSA) is 73.9 Å². The summed E-state index contributed by atoms with van der Waals surface area (Å²) in [7, 11) is 1.33. The van der Waals surface area contributed by atoms with Crippen LogP contribution in [-0.4, -0.2) is 49.7 Å². The molecule has 0 unspecified atom stereocenters. The first-order valence-electron chi connectivity index (χ1n) is 5.88. The number of alkyl halides is 3. The average Bonchev–Trinajstić information content (AvgIpc) is 2.31. The van der Waals surface area contributed by atoms with Crippen molar-refractivity contribution in [2.45, 2.75) is 51.0 Å². The molecule has 1 rings (SSSR count). The molecule has 1 heterocycles. The molecule has 1 fully saturated rings. The Bertz CT molecular complexity index is 374. The zero-order valence-electron chi connectivity index (χ0n) is 11.2. The van der Waals surface area contributed by atoms with Crippen molar-refractivity contribution in [3.63, 3.8) is 0 Å². The van der Waals surface area contributed by atoms with Gasteiger partial charge in [-0.05, 0) is 6.92 Å². The summed E-state index contributed by atoms with van der Waals surface area (Å²) >= 11 is 0. The minimum absolute atomic E-state index is 0.0550. The van der Waals surface area contributed by atoms with E-state index in [1.807, 2.05) is 5.32 Å². The van der Waals surface area contributed by atoms with Gasteiger partial charge in [0.2, 0.25) is 0 Å². The fourth-order valence-electron chi connectivity index (χ4n) is 1.95. The number of nitrogens with one attached hydrogen (secondary N) is 1. The molecule has 1 N–H and O–H groups in total. The highest BCUT2D eigenvalue weighted by molar-refractivity contribution is 5.82. The number of amides is 1. The predicted molar refractivity (Wildman–Crippen MR) is 59.5 cm³/mol. The minimum atomic E-state index is -5.01. The maximum atomic E-state index is 12.3. The van der Waals surface area contributed by atoms with Crippen LogP contribution in [0.1, 0.15) is 20.3 Å². The summed E-state index contributed by atoms with van der Waals surface area (Å²) < 4.78 is 52.0. The molecule has 9 heteroatoms. The van der Waals surface area contributed by atoms with Crippen molar-refractivity contribution in [3.05, 3.63) is 0 Å². The van der Waals surface area contributed by atoms with Crippen LogP contribution in [0.5, 0.6) is 0 Å². The molecule has 4 atom stereocenters. The number of ether oxygens (including phenoxy) is 3. The maximum absolute atomic E-state index is 12.3. The third-order valence-corrected chi connectivity index (χ3v) is 2.81. The van der Waals surface area contributed by atoms with Crippen molar-refractivity contribution in [1.29, 1.82) is 0 Å². The number of methoxy groups -OCH3 is 1. The van der Waals surface area contributed by atoms with Crippen LogP contribution in [0.3, 0.4) is 0 Å². The summed E-state index contributed by atoms with van der Waals surface area (Å²) in [4.78, 5) is 22.0. The lowest BCUT2D eigenvalue weighted by atomic mass is 9.99. The highest BCUT2D eigenvalue weighted by atomic mass is 19.4. The minimum Gasteiger partial charge on any atom is -0.458 e. The van der Waals surface area contributed by atoms with E-state index < -0.39 is 42.6 Å². The maximum Gasteiger partial charge on any atom is 0.471 e. The van der Waals surface area contributed by atoms with Crippen LogP contribution in [0, 0.1) is 0 Å². The molecule has 0 aliphatic carbocycles. The second kappa shape index (κ2) is 6.40. The number of carbonyl (C=O) groups excluding carboxylic acids is 2. The van der Waals surface area contributed by atoms with E-state index in [4.69, 9.17) is 14.2 Å². The van der Waals surface area contributed by atoms with Gasteiger partial charge in [-0.1, -0.05) is 0 Å². The first-order valence-corrected chi connectivity index (χ1v) is 5.88. The van der Waals surface area contributed by atoms with Gasteiger partial charge < -0.3 is 19.5 Å². The van der Waals surface area contributed by atoms with E-state index in [2.05, 4.69) is 0 Å². The van der Waals surface area contributed by atoms with E-state index in [-0.39, 0.29) is 6.42 Å². The van der Waals surface area contributed by atoms with Crippen molar-refractivity contribution >= 4 is 11.9 Å². The molecule has 0 aromatic heterocycles. The van der Waals surface area contributed by atoms with Crippen LogP contribution < -0.4 is 5.32 Å². The zero-order chi connectivity index (χ0) is 15.5. The highest BCUT2D eigenvalue weighted by Gasteiger charge is 2.45. The van der Waals surface area contributed by atoms with E-state index >= 15 is 0 Å². The van der Waals surface area contributed by atoms with Crippen molar-refractivity contribution < 1.29 is 37.0 Å². The Kier molecular flexibility index (Phi) is 5.35. The number of hydrogen-bond acceptors (Lipinski definition) is 5. The normalized spacial score (nSPS) is 30.7. The van der Waals surface area contributed by atoms with Crippen LogP contribution in [0.4, 0.5) is 13.2 Å².